The van der Waals surface area contributed by atoms with Crippen LogP contribution in [0.5, 0.6) is 0 Å². The number of nitrogens with zero attached hydrogens (tertiary/aromatic N) is 2. The summed E-state index contributed by atoms with van der Waals surface area (Å²) >= 11 is 1.54. The van der Waals surface area contributed by atoms with E-state index in [9.17, 15) is 22.0 Å². The first-order chi connectivity index (χ1) is 13.4. The number of hydrogen-bond acceptors (Lipinski definition) is 6. The molecule has 3 rings (SSSR count). The Balaban J connectivity index is 1.47. The second-order valence-corrected chi connectivity index (χ2v) is 8.88. The van der Waals surface area contributed by atoms with Gasteiger partial charge < -0.3 is 10.2 Å². The lowest BCUT2D eigenvalue weighted by atomic mass is 10.2. The van der Waals surface area contributed by atoms with E-state index in [1.54, 1.807) is 6.20 Å². The van der Waals surface area contributed by atoms with Gasteiger partial charge in [0.25, 0.3) is 0 Å². The molecule has 1 aromatic heterocycles. The molecule has 0 aliphatic carbocycles. The number of amides is 1. The molecule has 152 valence electrons. The second kappa shape index (κ2) is 8.93. The molecule has 11 heteroatoms. The van der Waals surface area contributed by atoms with Crippen molar-refractivity contribution in [2.45, 2.75) is 30.2 Å². The van der Waals surface area contributed by atoms with Gasteiger partial charge in [-0.25, -0.2) is 26.9 Å². The van der Waals surface area contributed by atoms with E-state index in [4.69, 9.17) is 0 Å². The summed E-state index contributed by atoms with van der Waals surface area (Å²) in [5.74, 6) is -2.70. The van der Waals surface area contributed by atoms with E-state index in [1.165, 1.54) is 11.3 Å². The van der Waals surface area contributed by atoms with Crippen LogP contribution in [0.1, 0.15) is 19.3 Å². The number of hydrogen-bond donors (Lipinski definition) is 2. The Labute approximate surface area is 165 Å². The van der Waals surface area contributed by atoms with E-state index in [0.29, 0.717) is 6.54 Å². The van der Waals surface area contributed by atoms with Gasteiger partial charge >= 0.3 is 0 Å². The van der Waals surface area contributed by atoms with E-state index in [-0.39, 0.29) is 24.9 Å². The number of carbonyl (C=O) groups excluding carboxylic acids is 1. The van der Waals surface area contributed by atoms with E-state index >= 15 is 0 Å². The summed E-state index contributed by atoms with van der Waals surface area (Å²) in [5.41, 5.74) is 0. The summed E-state index contributed by atoms with van der Waals surface area (Å²) in [4.78, 5) is 17.4. The Hall–Kier alpha value is -2.11. The molecule has 7 nitrogen and oxygen atoms in total. The van der Waals surface area contributed by atoms with Crippen molar-refractivity contribution in [2.24, 2.45) is 0 Å². The molecule has 28 heavy (non-hydrogen) atoms. The number of sulfonamides is 1. The summed E-state index contributed by atoms with van der Waals surface area (Å²) in [6.07, 6.45) is 3.53. The second-order valence-electron chi connectivity index (χ2n) is 6.31. The van der Waals surface area contributed by atoms with Crippen molar-refractivity contribution >= 4 is 32.4 Å². The molecule has 1 aliphatic heterocycles. The summed E-state index contributed by atoms with van der Waals surface area (Å²) in [6.45, 7) is 1.04. The van der Waals surface area contributed by atoms with Gasteiger partial charge in [-0.05, 0) is 25.0 Å². The predicted octanol–water partition coefficient (Wildman–Crippen LogP) is 1.87. The van der Waals surface area contributed by atoms with E-state index in [2.05, 4.69) is 19.9 Å². The molecular formula is C17H20F2N4O3S2. The van der Waals surface area contributed by atoms with Crippen molar-refractivity contribution in [3.8, 4) is 0 Å². The fourth-order valence-electron chi connectivity index (χ4n) is 3.09. The van der Waals surface area contributed by atoms with Gasteiger partial charge in [0.05, 0.1) is 0 Å². The van der Waals surface area contributed by atoms with Crippen LogP contribution in [0, 0.1) is 11.6 Å². The Kier molecular flexibility index (Phi) is 6.57. The number of aromatic nitrogens is 1. The van der Waals surface area contributed by atoms with Gasteiger partial charge in [0.2, 0.25) is 15.9 Å². The zero-order valence-electron chi connectivity index (χ0n) is 14.9. The number of thiazole rings is 1. The standard InChI is InChI=1S/C17H20F2N4O3S2/c18-13-4-1-5-14(19)16(13)28(25,26)22-7-6-15(24)21-11-12-3-2-9-23(12)17-20-8-10-27-17/h1,4-5,8,10,12,22H,2-3,6-7,9,11H2,(H,21,24). The third kappa shape index (κ3) is 4.83. The molecule has 0 bridgehead atoms. The van der Waals surface area contributed by atoms with E-state index < -0.39 is 26.6 Å². The quantitative estimate of drug-likeness (QED) is 0.667. The Morgan fingerprint density at radius 2 is 2.07 bits per heavy atom. The highest BCUT2D eigenvalue weighted by atomic mass is 32.2. The van der Waals surface area contributed by atoms with Crippen molar-refractivity contribution in [3.63, 3.8) is 0 Å². The highest BCUT2D eigenvalue weighted by molar-refractivity contribution is 7.89. The average Bonchev–Trinajstić information content (AvgIpc) is 3.30. The van der Waals surface area contributed by atoms with Crippen LogP contribution in [0.4, 0.5) is 13.9 Å². The molecular weight excluding hydrogens is 410 g/mol. The first-order valence-electron chi connectivity index (χ1n) is 8.75. The van der Waals surface area contributed by atoms with E-state index in [1.807, 2.05) is 5.38 Å². The molecule has 1 atom stereocenters. The minimum Gasteiger partial charge on any atom is -0.354 e. The van der Waals surface area contributed by atoms with Crippen LogP contribution in [0.2, 0.25) is 0 Å². The largest absolute Gasteiger partial charge is 0.354 e. The maximum Gasteiger partial charge on any atom is 0.246 e. The number of nitrogens with one attached hydrogen (secondary N) is 2. The van der Waals surface area contributed by atoms with Gasteiger partial charge in [-0.2, -0.15) is 0 Å². The van der Waals surface area contributed by atoms with E-state index in [0.717, 1.165) is 42.7 Å². The average molecular weight is 431 g/mol. The van der Waals surface area contributed by atoms with Crippen LogP contribution in [0.15, 0.2) is 34.7 Å². The molecule has 1 aliphatic rings. The Morgan fingerprint density at radius 1 is 1.32 bits per heavy atom. The fourth-order valence-corrected chi connectivity index (χ4v) is 4.99. The molecule has 0 saturated carbocycles. The zero-order chi connectivity index (χ0) is 20.1. The number of anilines is 1. The summed E-state index contributed by atoms with van der Waals surface area (Å²) < 4.78 is 53.4. The number of carbonyl (C=O) groups is 1. The van der Waals surface area contributed by atoms with Gasteiger partial charge in [-0.3, -0.25) is 4.79 Å². The SMILES string of the molecule is O=C(CCNS(=O)(=O)c1c(F)cccc1F)NCC1CCCN1c1nccs1. The monoisotopic (exact) mass is 430 g/mol. The molecule has 1 fully saturated rings. The van der Waals surface area contributed by atoms with Gasteiger partial charge in [-0.15, -0.1) is 11.3 Å². The molecule has 1 unspecified atom stereocenters. The van der Waals surface area contributed by atoms with Gasteiger partial charge in [0.1, 0.15) is 11.6 Å². The number of rotatable bonds is 8. The van der Waals surface area contributed by atoms with Crippen LogP contribution in [-0.2, 0) is 14.8 Å². The maximum atomic E-state index is 13.6. The van der Waals surface area contributed by atoms with Crippen LogP contribution in [0.25, 0.3) is 0 Å². The molecule has 1 aromatic carbocycles. The van der Waals surface area contributed by atoms with Crippen LogP contribution < -0.4 is 14.9 Å². The van der Waals surface area contributed by atoms with Crippen LogP contribution in [-0.4, -0.2) is 45.0 Å². The molecule has 0 radical (unpaired) electrons. The first-order valence-corrected chi connectivity index (χ1v) is 11.1. The van der Waals surface area contributed by atoms with Crippen molar-refractivity contribution in [2.75, 3.05) is 24.5 Å². The van der Waals surface area contributed by atoms with Crippen LogP contribution in [0.3, 0.4) is 0 Å². The van der Waals surface area contributed by atoms with Crippen LogP contribution >= 0.6 is 11.3 Å². The smallest absolute Gasteiger partial charge is 0.246 e. The summed E-state index contributed by atoms with van der Waals surface area (Å²) in [5, 5.41) is 5.59. The minimum absolute atomic E-state index is 0.138. The highest BCUT2D eigenvalue weighted by Crippen LogP contribution is 2.26. The van der Waals surface area contributed by atoms with Gasteiger partial charge in [-0.1, -0.05) is 6.07 Å². The lowest BCUT2D eigenvalue weighted by Crippen LogP contribution is -2.41. The van der Waals surface area contributed by atoms with Gasteiger partial charge in [0, 0.05) is 43.7 Å². The fraction of sp³-hybridized carbons (Fsp3) is 0.412. The molecule has 1 amide bonds. The van der Waals surface area contributed by atoms with Crippen molar-refractivity contribution in [1.82, 2.24) is 15.0 Å². The third-order valence-corrected chi connectivity index (χ3v) is 6.73. The molecule has 1 saturated heterocycles. The number of benzene rings is 1. The van der Waals surface area contributed by atoms with Crippen molar-refractivity contribution < 1.29 is 22.0 Å². The minimum atomic E-state index is -4.38. The predicted molar refractivity (Wildman–Crippen MR) is 102 cm³/mol. The normalized spacial score (nSPS) is 17.1. The molecule has 2 heterocycles. The number of halogens is 2. The Bertz CT molecular complexity index is 902. The first kappa shape index (κ1) is 20.6. The highest BCUT2D eigenvalue weighted by Gasteiger charge is 2.27. The topological polar surface area (TPSA) is 91.4 Å². The molecule has 2 N–H and O–H groups in total. The van der Waals surface area contributed by atoms with Crippen molar-refractivity contribution in [1.29, 1.82) is 0 Å². The van der Waals surface area contributed by atoms with Gasteiger partial charge in [0.15, 0.2) is 10.0 Å². The zero-order valence-corrected chi connectivity index (χ0v) is 16.5. The summed E-state index contributed by atoms with van der Waals surface area (Å²) in [7, 11) is -4.38. The Morgan fingerprint density at radius 3 is 2.75 bits per heavy atom. The molecule has 0 spiro atoms. The lowest BCUT2D eigenvalue weighted by molar-refractivity contribution is -0.120. The molecule has 2 aromatic rings. The third-order valence-electron chi connectivity index (χ3n) is 4.41. The summed E-state index contributed by atoms with van der Waals surface area (Å²) in [6, 6.07) is 2.94. The van der Waals surface area contributed by atoms with Crippen molar-refractivity contribution in [3.05, 3.63) is 41.4 Å². The maximum absolute atomic E-state index is 13.6. The lowest BCUT2D eigenvalue weighted by Gasteiger charge is -2.24.